The van der Waals surface area contributed by atoms with Gasteiger partial charge in [0.15, 0.2) is 0 Å². The van der Waals surface area contributed by atoms with Gasteiger partial charge in [0.25, 0.3) is 0 Å². The number of nitrogens with zero attached hydrogens (tertiary/aromatic N) is 1. The molecule has 4 rings (SSSR count). The van der Waals surface area contributed by atoms with Crippen molar-refractivity contribution in [2.75, 3.05) is 5.32 Å². The summed E-state index contributed by atoms with van der Waals surface area (Å²) in [5, 5.41) is 22.2. The minimum absolute atomic E-state index is 0.116. The zero-order chi connectivity index (χ0) is 27.2. The first-order valence-electron chi connectivity index (χ1n) is 12.0. The van der Waals surface area contributed by atoms with Crippen molar-refractivity contribution < 1.29 is 24.6 Å². The van der Waals surface area contributed by atoms with Gasteiger partial charge in [0.1, 0.15) is 0 Å². The summed E-state index contributed by atoms with van der Waals surface area (Å²) in [5.41, 5.74) is 5.93. The first kappa shape index (κ1) is 27.3. The predicted molar refractivity (Wildman–Crippen MR) is 151 cm³/mol. The molecule has 9 heteroatoms. The molecule has 3 N–H and O–H groups in total. The average Bonchev–Trinajstić information content (AvgIpc) is 3.13. The lowest BCUT2D eigenvalue weighted by Gasteiger charge is -2.12. The minimum Gasteiger partial charge on any atom is -0.481 e. The first-order chi connectivity index (χ1) is 18.2. The van der Waals surface area contributed by atoms with Crippen LogP contribution >= 0.6 is 23.4 Å². The summed E-state index contributed by atoms with van der Waals surface area (Å²) in [5.74, 6) is -0.918. The Morgan fingerprint density at radius 3 is 2.37 bits per heavy atom. The van der Waals surface area contributed by atoms with Gasteiger partial charge in [-0.3, -0.25) is 9.59 Å². The molecule has 0 saturated carbocycles. The highest BCUT2D eigenvalue weighted by Crippen LogP contribution is 2.36. The lowest BCUT2D eigenvalue weighted by atomic mass is 10.1. The van der Waals surface area contributed by atoms with Crippen molar-refractivity contribution in [1.29, 1.82) is 0 Å². The van der Waals surface area contributed by atoms with Crippen LogP contribution in [0.2, 0.25) is 5.02 Å². The second-order valence-electron chi connectivity index (χ2n) is 9.00. The van der Waals surface area contributed by atoms with Gasteiger partial charge < -0.3 is 20.1 Å². The van der Waals surface area contributed by atoms with Crippen LogP contribution in [0.25, 0.3) is 10.9 Å². The van der Waals surface area contributed by atoms with E-state index in [9.17, 15) is 19.5 Å². The number of aryl methyl sites for hydroxylation is 1. The van der Waals surface area contributed by atoms with Crippen LogP contribution in [0.5, 0.6) is 0 Å². The fourth-order valence-corrected chi connectivity index (χ4v) is 5.62. The molecule has 0 bridgehead atoms. The molecule has 0 radical (unpaired) electrons. The summed E-state index contributed by atoms with van der Waals surface area (Å²) >= 11 is 8.66. The Bertz CT molecular complexity index is 1500. The zero-order valence-corrected chi connectivity index (χ0v) is 22.3. The van der Waals surface area contributed by atoms with Crippen molar-refractivity contribution in [2.45, 2.75) is 37.8 Å². The van der Waals surface area contributed by atoms with Crippen molar-refractivity contribution in [3.8, 4) is 0 Å². The van der Waals surface area contributed by atoms with Gasteiger partial charge >= 0.3 is 11.9 Å². The normalized spacial score (nSPS) is 11.0. The molecule has 3 aromatic carbocycles. The minimum atomic E-state index is -1.03. The third-order valence-corrected chi connectivity index (χ3v) is 7.52. The number of thioether (sulfide) groups is 1. The summed E-state index contributed by atoms with van der Waals surface area (Å²) in [6, 6.07) is 20.6. The van der Waals surface area contributed by atoms with Gasteiger partial charge in [-0.05, 0) is 48.4 Å². The van der Waals surface area contributed by atoms with E-state index in [0.29, 0.717) is 23.0 Å². The smallest absolute Gasteiger partial charge is 0.335 e. The number of hydrogen-bond acceptors (Lipinski definition) is 4. The Balaban J connectivity index is 1.63. The second-order valence-corrected chi connectivity index (χ2v) is 10.4. The number of aromatic carboxylic acids is 1. The number of carbonyl (C=O) groups is 3. The molecule has 1 amide bonds. The number of amides is 1. The van der Waals surface area contributed by atoms with Crippen molar-refractivity contribution >= 4 is 57.8 Å². The summed E-state index contributed by atoms with van der Waals surface area (Å²) < 4.78 is 2.12. The van der Waals surface area contributed by atoms with E-state index in [0.717, 1.165) is 27.9 Å². The molecule has 0 aliphatic heterocycles. The maximum absolute atomic E-state index is 12.2. The van der Waals surface area contributed by atoms with E-state index in [-0.39, 0.29) is 24.3 Å². The number of fused-ring (bicyclic) bond motifs is 1. The molecule has 0 saturated heterocycles. The van der Waals surface area contributed by atoms with Crippen LogP contribution in [-0.2, 0) is 27.6 Å². The first-order valence-corrected chi connectivity index (χ1v) is 13.5. The number of carboxylic acids is 2. The standard InChI is InChI=1S/C29H27ClN2O5S/c1-18-3-2-4-20(13-18)16-38-17-25-28(30)23-14-22(31-26(33)11-12-27(34)35)9-10-24(23)32(25)15-19-5-7-21(8-6-19)29(36)37/h2-10,13-14H,11-12,15-17H2,1H3,(H,31,33)(H,34,35)(H,36,37). The number of aromatic nitrogens is 1. The SMILES string of the molecule is Cc1cccc(CSCc2c(Cl)c3cc(NC(=O)CCC(=O)O)ccc3n2Cc2ccc(C(=O)O)cc2)c1. The van der Waals surface area contributed by atoms with Crippen molar-refractivity contribution in [3.63, 3.8) is 0 Å². The van der Waals surface area contributed by atoms with Crippen LogP contribution < -0.4 is 5.32 Å². The molecule has 1 aromatic heterocycles. The maximum Gasteiger partial charge on any atom is 0.335 e. The van der Waals surface area contributed by atoms with Gasteiger partial charge in [-0.15, -0.1) is 0 Å². The Kier molecular flexibility index (Phi) is 8.76. The number of rotatable bonds is 11. The molecule has 1 heterocycles. The molecule has 0 spiro atoms. The third-order valence-electron chi connectivity index (χ3n) is 6.08. The molecular formula is C29H27ClN2O5S. The summed E-state index contributed by atoms with van der Waals surface area (Å²) in [6.45, 7) is 2.56. The van der Waals surface area contributed by atoms with Gasteiger partial charge in [-0.1, -0.05) is 53.6 Å². The number of aliphatic carboxylic acids is 1. The average molecular weight is 551 g/mol. The monoisotopic (exact) mass is 550 g/mol. The Labute approximate surface area is 229 Å². The van der Waals surface area contributed by atoms with Crippen molar-refractivity contribution in [3.05, 3.63) is 99.7 Å². The van der Waals surface area contributed by atoms with Crippen LogP contribution in [0.3, 0.4) is 0 Å². The largest absolute Gasteiger partial charge is 0.481 e. The fourth-order valence-electron chi connectivity index (χ4n) is 4.21. The van der Waals surface area contributed by atoms with E-state index >= 15 is 0 Å². The maximum atomic E-state index is 12.2. The Morgan fingerprint density at radius 1 is 0.921 bits per heavy atom. The number of anilines is 1. The van der Waals surface area contributed by atoms with E-state index in [4.69, 9.17) is 16.7 Å². The van der Waals surface area contributed by atoms with E-state index in [1.165, 1.54) is 11.1 Å². The van der Waals surface area contributed by atoms with Crippen LogP contribution in [0.1, 0.15) is 45.6 Å². The molecule has 0 aliphatic carbocycles. The fraction of sp³-hybridized carbons (Fsp3) is 0.207. The van der Waals surface area contributed by atoms with Crippen LogP contribution in [0, 0.1) is 6.92 Å². The van der Waals surface area contributed by atoms with Gasteiger partial charge in [-0.25, -0.2) is 4.79 Å². The topological polar surface area (TPSA) is 109 Å². The zero-order valence-electron chi connectivity index (χ0n) is 20.7. The third kappa shape index (κ3) is 6.76. The van der Waals surface area contributed by atoms with Crippen molar-refractivity contribution in [1.82, 2.24) is 4.57 Å². The highest BCUT2D eigenvalue weighted by atomic mass is 35.5. The number of halogens is 1. The van der Waals surface area contributed by atoms with E-state index in [1.54, 1.807) is 48.2 Å². The molecule has 196 valence electrons. The molecule has 0 fully saturated rings. The van der Waals surface area contributed by atoms with E-state index < -0.39 is 11.9 Å². The Hall–Kier alpha value is -3.75. The number of nitrogens with one attached hydrogen (secondary N) is 1. The lowest BCUT2D eigenvalue weighted by molar-refractivity contribution is -0.138. The second kappa shape index (κ2) is 12.2. The van der Waals surface area contributed by atoms with E-state index in [1.807, 2.05) is 12.1 Å². The molecular weight excluding hydrogens is 524 g/mol. The van der Waals surface area contributed by atoms with Crippen LogP contribution in [-0.4, -0.2) is 32.6 Å². The number of benzene rings is 3. The lowest BCUT2D eigenvalue weighted by Crippen LogP contribution is -2.13. The number of hydrogen-bond donors (Lipinski definition) is 3. The molecule has 7 nitrogen and oxygen atoms in total. The number of carbonyl (C=O) groups excluding carboxylic acids is 1. The van der Waals surface area contributed by atoms with Crippen LogP contribution in [0.15, 0.2) is 66.7 Å². The van der Waals surface area contributed by atoms with Gasteiger partial charge in [0.05, 0.1) is 22.5 Å². The predicted octanol–water partition coefficient (Wildman–Crippen LogP) is 6.59. The Morgan fingerprint density at radius 2 is 1.68 bits per heavy atom. The molecule has 38 heavy (non-hydrogen) atoms. The van der Waals surface area contributed by atoms with E-state index in [2.05, 4.69) is 35.0 Å². The summed E-state index contributed by atoms with van der Waals surface area (Å²) in [4.78, 5) is 34.2. The molecule has 0 atom stereocenters. The highest BCUT2D eigenvalue weighted by molar-refractivity contribution is 7.97. The van der Waals surface area contributed by atoms with Gasteiger partial charge in [-0.2, -0.15) is 11.8 Å². The van der Waals surface area contributed by atoms with Gasteiger partial charge in [0, 0.05) is 41.2 Å². The highest BCUT2D eigenvalue weighted by Gasteiger charge is 2.18. The van der Waals surface area contributed by atoms with Gasteiger partial charge in [0.2, 0.25) is 5.91 Å². The number of carboxylic acid groups (broad SMARTS) is 2. The summed E-state index contributed by atoms with van der Waals surface area (Å²) in [6.07, 6.45) is -0.358. The molecule has 0 aliphatic rings. The molecule has 4 aromatic rings. The van der Waals surface area contributed by atoms with Crippen LogP contribution in [0.4, 0.5) is 5.69 Å². The van der Waals surface area contributed by atoms with Crippen molar-refractivity contribution in [2.24, 2.45) is 0 Å². The molecule has 0 unspecified atom stereocenters. The summed E-state index contributed by atoms with van der Waals surface area (Å²) in [7, 11) is 0. The quantitative estimate of drug-likeness (QED) is 0.194.